The molecule has 0 saturated carbocycles. The van der Waals surface area contributed by atoms with Crippen LogP contribution in [0.5, 0.6) is 0 Å². The lowest BCUT2D eigenvalue weighted by Crippen LogP contribution is -2.42. The molecule has 2 fully saturated rings. The van der Waals surface area contributed by atoms with Crippen LogP contribution in [0.2, 0.25) is 0 Å². The maximum atomic E-state index is 2.73. The van der Waals surface area contributed by atoms with E-state index in [1.54, 1.807) is 0 Å². The highest BCUT2D eigenvalue weighted by Gasteiger charge is 2.43. The van der Waals surface area contributed by atoms with Crippen LogP contribution in [-0.4, -0.2) is 23.5 Å². The SMILES string of the molecule is C1=C[C@H]2C[C@H]3CCCN2[C@H]3C1. The summed E-state index contributed by atoms with van der Waals surface area (Å²) in [6.45, 7) is 1.37. The third-order valence-electron chi connectivity index (χ3n) is 3.67. The van der Waals surface area contributed by atoms with Crippen molar-refractivity contribution in [1.82, 2.24) is 4.90 Å². The molecule has 0 amide bonds. The summed E-state index contributed by atoms with van der Waals surface area (Å²) in [5.41, 5.74) is 0. The molecule has 1 nitrogen and oxygen atoms in total. The number of hydrogen-bond donors (Lipinski definition) is 0. The Morgan fingerprint density at radius 3 is 3.27 bits per heavy atom. The Bertz CT molecular complexity index is 197. The number of rotatable bonds is 0. The second-order valence-corrected chi connectivity index (χ2v) is 4.17. The normalized spacial score (nSPS) is 53.1. The predicted molar refractivity (Wildman–Crippen MR) is 45.4 cm³/mol. The first-order chi connectivity index (χ1) is 5.45. The van der Waals surface area contributed by atoms with E-state index in [0.717, 1.165) is 18.0 Å². The molecule has 3 heterocycles. The summed E-state index contributed by atoms with van der Waals surface area (Å²) >= 11 is 0. The Morgan fingerprint density at radius 2 is 2.36 bits per heavy atom. The first kappa shape index (κ1) is 6.24. The molecule has 0 N–H and O–H groups in total. The summed E-state index contributed by atoms with van der Waals surface area (Å²) < 4.78 is 0. The second-order valence-electron chi connectivity index (χ2n) is 4.17. The van der Waals surface area contributed by atoms with E-state index >= 15 is 0 Å². The standard InChI is InChI=1S/C10H15N/c1-4-9-7-8-3-2-6-11(9)10(8)5-1/h1,4,8-10H,2-3,5-7H2/t8-,9+,10+/m1/s1. The van der Waals surface area contributed by atoms with Crippen LogP contribution in [-0.2, 0) is 0 Å². The molecule has 60 valence electrons. The summed E-state index contributed by atoms with van der Waals surface area (Å²) in [5, 5.41) is 0. The molecule has 0 spiro atoms. The van der Waals surface area contributed by atoms with Crippen LogP contribution in [0.15, 0.2) is 12.2 Å². The molecule has 11 heavy (non-hydrogen) atoms. The van der Waals surface area contributed by atoms with Crippen LogP contribution in [0.25, 0.3) is 0 Å². The number of piperidine rings is 1. The number of nitrogens with zero attached hydrogens (tertiary/aromatic N) is 1. The molecule has 3 aliphatic heterocycles. The van der Waals surface area contributed by atoms with E-state index < -0.39 is 0 Å². The molecule has 0 aromatic heterocycles. The summed E-state index contributed by atoms with van der Waals surface area (Å²) in [6.07, 6.45) is 10.6. The van der Waals surface area contributed by atoms with Crippen molar-refractivity contribution < 1.29 is 0 Å². The molecule has 0 aromatic carbocycles. The highest BCUT2D eigenvalue weighted by atomic mass is 15.2. The topological polar surface area (TPSA) is 3.24 Å². The Morgan fingerprint density at radius 1 is 1.36 bits per heavy atom. The van der Waals surface area contributed by atoms with Gasteiger partial charge in [-0.15, -0.1) is 0 Å². The Hall–Kier alpha value is -0.300. The van der Waals surface area contributed by atoms with Crippen LogP contribution in [0.3, 0.4) is 0 Å². The maximum absolute atomic E-state index is 2.73. The van der Waals surface area contributed by atoms with Crippen molar-refractivity contribution in [3.8, 4) is 0 Å². The molecule has 1 unspecified atom stereocenters. The average molecular weight is 149 g/mol. The van der Waals surface area contributed by atoms with Gasteiger partial charge in [0.15, 0.2) is 0 Å². The molecular formula is C10H15N. The van der Waals surface area contributed by atoms with Crippen LogP contribution in [0.4, 0.5) is 0 Å². The van der Waals surface area contributed by atoms with Gasteiger partial charge in [0.2, 0.25) is 0 Å². The lowest BCUT2D eigenvalue weighted by molar-refractivity contribution is 0.151. The van der Waals surface area contributed by atoms with Crippen molar-refractivity contribution >= 4 is 0 Å². The van der Waals surface area contributed by atoms with Gasteiger partial charge in [-0.3, -0.25) is 4.90 Å². The number of hydrogen-bond acceptors (Lipinski definition) is 1. The van der Waals surface area contributed by atoms with E-state index in [1.807, 2.05) is 0 Å². The molecule has 2 saturated heterocycles. The average Bonchev–Trinajstić information content (AvgIpc) is 2.31. The smallest absolute Gasteiger partial charge is 0.0284 e. The fourth-order valence-corrected chi connectivity index (χ4v) is 3.19. The fourth-order valence-electron chi connectivity index (χ4n) is 3.19. The molecule has 4 atom stereocenters. The van der Waals surface area contributed by atoms with E-state index in [0.29, 0.717) is 0 Å². The Balaban J connectivity index is 1.97. The Labute approximate surface area is 68.1 Å². The second kappa shape index (κ2) is 2.10. The van der Waals surface area contributed by atoms with Crippen molar-refractivity contribution in [3.05, 3.63) is 12.2 Å². The van der Waals surface area contributed by atoms with Gasteiger partial charge >= 0.3 is 0 Å². The van der Waals surface area contributed by atoms with Gasteiger partial charge in [0.1, 0.15) is 0 Å². The minimum Gasteiger partial charge on any atom is -0.293 e. The van der Waals surface area contributed by atoms with Crippen LogP contribution < -0.4 is 0 Å². The molecule has 4 bridgehead atoms. The highest BCUT2D eigenvalue weighted by molar-refractivity contribution is 5.12. The zero-order valence-electron chi connectivity index (χ0n) is 6.87. The fraction of sp³-hybridized carbons (Fsp3) is 0.800. The van der Waals surface area contributed by atoms with E-state index in [-0.39, 0.29) is 0 Å². The van der Waals surface area contributed by atoms with Crippen molar-refractivity contribution in [3.63, 3.8) is 0 Å². The van der Waals surface area contributed by atoms with Gasteiger partial charge in [-0.2, -0.15) is 0 Å². The van der Waals surface area contributed by atoms with E-state index in [9.17, 15) is 0 Å². The largest absolute Gasteiger partial charge is 0.293 e. The van der Waals surface area contributed by atoms with E-state index in [1.165, 1.54) is 32.2 Å². The van der Waals surface area contributed by atoms with Crippen molar-refractivity contribution in [2.45, 2.75) is 37.8 Å². The van der Waals surface area contributed by atoms with Gasteiger partial charge in [0.05, 0.1) is 0 Å². The van der Waals surface area contributed by atoms with Crippen molar-refractivity contribution in [2.24, 2.45) is 5.92 Å². The van der Waals surface area contributed by atoms with Gasteiger partial charge in [-0.1, -0.05) is 12.2 Å². The predicted octanol–water partition coefficient (Wildman–Crippen LogP) is 1.80. The van der Waals surface area contributed by atoms with Gasteiger partial charge in [0.25, 0.3) is 0 Å². The van der Waals surface area contributed by atoms with Crippen molar-refractivity contribution in [1.29, 1.82) is 0 Å². The summed E-state index contributed by atoms with van der Waals surface area (Å²) in [7, 11) is 0. The van der Waals surface area contributed by atoms with Crippen LogP contribution in [0.1, 0.15) is 25.7 Å². The van der Waals surface area contributed by atoms with Gasteiger partial charge in [-0.05, 0) is 38.1 Å². The minimum absolute atomic E-state index is 0.834. The van der Waals surface area contributed by atoms with Crippen molar-refractivity contribution in [2.75, 3.05) is 6.54 Å². The van der Waals surface area contributed by atoms with E-state index in [4.69, 9.17) is 0 Å². The molecule has 1 heteroatoms. The summed E-state index contributed by atoms with van der Waals surface area (Å²) in [4.78, 5) is 2.73. The first-order valence-electron chi connectivity index (χ1n) is 4.87. The van der Waals surface area contributed by atoms with Gasteiger partial charge in [-0.25, -0.2) is 0 Å². The van der Waals surface area contributed by atoms with Crippen LogP contribution >= 0.6 is 0 Å². The third-order valence-corrected chi connectivity index (χ3v) is 3.67. The lowest BCUT2D eigenvalue weighted by Gasteiger charge is -2.36. The zero-order chi connectivity index (χ0) is 7.26. The molecular weight excluding hydrogens is 134 g/mol. The molecule has 3 rings (SSSR count). The first-order valence-corrected chi connectivity index (χ1v) is 4.87. The Kier molecular flexibility index (Phi) is 1.19. The van der Waals surface area contributed by atoms with E-state index in [2.05, 4.69) is 17.1 Å². The maximum Gasteiger partial charge on any atom is 0.0284 e. The van der Waals surface area contributed by atoms with Gasteiger partial charge in [0, 0.05) is 12.1 Å². The monoisotopic (exact) mass is 149 g/mol. The minimum atomic E-state index is 0.834. The van der Waals surface area contributed by atoms with Gasteiger partial charge < -0.3 is 0 Å². The molecule has 0 radical (unpaired) electrons. The summed E-state index contributed by atoms with van der Waals surface area (Å²) in [5.74, 6) is 1.05. The molecule has 0 aliphatic carbocycles. The highest BCUT2D eigenvalue weighted by Crippen LogP contribution is 2.41. The molecule has 0 aromatic rings. The quantitative estimate of drug-likeness (QED) is 0.475. The zero-order valence-corrected chi connectivity index (χ0v) is 6.87. The summed E-state index contributed by atoms with van der Waals surface area (Å²) in [6, 6.07) is 1.78. The lowest BCUT2D eigenvalue weighted by atomic mass is 9.91. The van der Waals surface area contributed by atoms with Crippen LogP contribution in [0, 0.1) is 5.92 Å². The third kappa shape index (κ3) is 0.750. The molecule has 3 aliphatic rings.